The van der Waals surface area contributed by atoms with E-state index in [0.29, 0.717) is 6.42 Å². The first-order chi connectivity index (χ1) is 15.0. The lowest BCUT2D eigenvalue weighted by Crippen LogP contribution is -2.40. The highest BCUT2D eigenvalue weighted by atomic mass is 16.7. The number of rotatable bonds is 10. The van der Waals surface area contributed by atoms with Gasteiger partial charge in [0.05, 0.1) is 0 Å². The normalized spacial score (nSPS) is 13.1. The summed E-state index contributed by atoms with van der Waals surface area (Å²) >= 11 is 0. The molecule has 1 unspecified atom stereocenters. The molecule has 0 saturated carbocycles. The Balaban J connectivity index is 1.56. The van der Waals surface area contributed by atoms with Crippen LogP contribution in [0, 0.1) is 0 Å². The van der Waals surface area contributed by atoms with E-state index in [9.17, 15) is 14.4 Å². The molecule has 2 aromatic carbocycles. The summed E-state index contributed by atoms with van der Waals surface area (Å²) in [6, 6.07) is 15.7. The predicted octanol–water partition coefficient (Wildman–Crippen LogP) is 3.22. The van der Waals surface area contributed by atoms with Crippen LogP contribution in [0.4, 0.5) is 4.79 Å². The molecule has 0 spiro atoms. The number of nitrogens with one attached hydrogen (secondary N) is 2. The molecule has 0 heterocycles. The van der Waals surface area contributed by atoms with Crippen molar-refractivity contribution < 1.29 is 29.1 Å². The van der Waals surface area contributed by atoms with Crippen LogP contribution in [-0.2, 0) is 19.2 Å². The van der Waals surface area contributed by atoms with Gasteiger partial charge in [0.15, 0.2) is 6.61 Å². The molecule has 0 radical (unpaired) electrons. The molecule has 1 aliphatic carbocycles. The fourth-order valence-corrected chi connectivity index (χ4v) is 3.82. The lowest BCUT2D eigenvalue weighted by molar-refractivity contribution is -0.149. The summed E-state index contributed by atoms with van der Waals surface area (Å²) in [6.07, 6.45) is 0.672. The Morgan fingerprint density at radius 3 is 2.23 bits per heavy atom. The second-order valence-electron chi connectivity index (χ2n) is 7.37. The van der Waals surface area contributed by atoms with E-state index in [1.165, 1.54) is 0 Å². The summed E-state index contributed by atoms with van der Waals surface area (Å²) in [7, 11) is 0. The predicted molar refractivity (Wildman–Crippen MR) is 113 cm³/mol. The number of aliphatic carboxylic acids is 1. The zero-order valence-corrected chi connectivity index (χ0v) is 17.3. The van der Waals surface area contributed by atoms with Crippen LogP contribution in [0.5, 0.6) is 0 Å². The van der Waals surface area contributed by atoms with Crippen LogP contribution in [-0.4, -0.2) is 42.3 Å². The molecule has 3 rings (SSSR count). The Morgan fingerprint density at radius 2 is 1.65 bits per heavy atom. The number of hydrogen-bond acceptors (Lipinski definition) is 5. The van der Waals surface area contributed by atoms with Crippen molar-refractivity contribution in [3.8, 4) is 11.1 Å². The highest BCUT2D eigenvalue weighted by molar-refractivity contribution is 5.79. The van der Waals surface area contributed by atoms with Gasteiger partial charge in [0.2, 0.25) is 5.91 Å². The fourth-order valence-electron chi connectivity index (χ4n) is 3.82. The molecular formula is C23H26N2O6. The lowest BCUT2D eigenvalue weighted by Gasteiger charge is -2.19. The van der Waals surface area contributed by atoms with Gasteiger partial charge in [-0.3, -0.25) is 9.63 Å². The van der Waals surface area contributed by atoms with Gasteiger partial charge in [-0.2, -0.15) is 0 Å². The SMILES string of the molecule is CCCC(CC(=O)NOCC(=O)O)NC(=O)OCC1c2ccccc2-c2ccccc21. The standard InChI is InChI=1S/C23H26N2O6/c1-2-7-15(12-21(26)25-31-14-22(27)28)24-23(29)30-13-20-18-10-5-3-8-16(18)17-9-4-6-11-19(17)20/h3-6,8-11,15,20H,2,7,12-14H2,1H3,(H,24,29)(H,25,26)(H,27,28). The van der Waals surface area contributed by atoms with E-state index in [-0.39, 0.29) is 18.9 Å². The number of fused-ring (bicyclic) bond motifs is 3. The molecule has 8 heteroatoms. The summed E-state index contributed by atoms with van der Waals surface area (Å²) < 4.78 is 5.52. The third-order valence-corrected chi connectivity index (χ3v) is 5.12. The number of carboxylic acids is 1. The Kier molecular flexibility index (Phi) is 7.61. The van der Waals surface area contributed by atoms with E-state index in [2.05, 4.69) is 27.8 Å². The molecule has 0 aromatic heterocycles. The van der Waals surface area contributed by atoms with E-state index < -0.39 is 30.6 Å². The first-order valence-corrected chi connectivity index (χ1v) is 10.2. The molecule has 1 aliphatic rings. The quantitative estimate of drug-likeness (QED) is 0.503. The number of carbonyl (C=O) groups is 3. The summed E-state index contributed by atoms with van der Waals surface area (Å²) in [5.74, 6) is -1.75. The highest BCUT2D eigenvalue weighted by Crippen LogP contribution is 2.44. The van der Waals surface area contributed by atoms with Gasteiger partial charge in [-0.25, -0.2) is 15.1 Å². The lowest BCUT2D eigenvalue weighted by atomic mass is 9.98. The maximum Gasteiger partial charge on any atom is 0.407 e. The molecule has 164 valence electrons. The highest BCUT2D eigenvalue weighted by Gasteiger charge is 2.29. The number of carbonyl (C=O) groups excluding carboxylic acids is 2. The maximum absolute atomic E-state index is 12.4. The molecule has 2 amide bonds. The Hall–Kier alpha value is -3.39. The first-order valence-electron chi connectivity index (χ1n) is 10.2. The van der Waals surface area contributed by atoms with Crippen molar-refractivity contribution in [2.75, 3.05) is 13.2 Å². The van der Waals surface area contributed by atoms with Gasteiger partial charge in [-0.05, 0) is 28.7 Å². The van der Waals surface area contributed by atoms with Gasteiger partial charge in [-0.1, -0.05) is 61.9 Å². The second kappa shape index (κ2) is 10.6. The van der Waals surface area contributed by atoms with Gasteiger partial charge >= 0.3 is 12.1 Å². The van der Waals surface area contributed by atoms with E-state index in [0.717, 1.165) is 28.7 Å². The van der Waals surface area contributed by atoms with Crippen LogP contribution in [0.25, 0.3) is 11.1 Å². The molecule has 0 aliphatic heterocycles. The van der Waals surface area contributed by atoms with Crippen molar-refractivity contribution in [1.29, 1.82) is 0 Å². The van der Waals surface area contributed by atoms with Crippen molar-refractivity contribution in [3.05, 3.63) is 59.7 Å². The number of ether oxygens (including phenoxy) is 1. The van der Waals surface area contributed by atoms with Gasteiger partial charge in [0, 0.05) is 18.4 Å². The van der Waals surface area contributed by atoms with Crippen LogP contribution < -0.4 is 10.8 Å². The largest absolute Gasteiger partial charge is 0.479 e. The van der Waals surface area contributed by atoms with Crippen LogP contribution in [0.15, 0.2) is 48.5 Å². The Bertz CT molecular complexity index is 900. The van der Waals surface area contributed by atoms with E-state index >= 15 is 0 Å². The van der Waals surface area contributed by atoms with Crippen molar-refractivity contribution in [3.63, 3.8) is 0 Å². The number of alkyl carbamates (subject to hydrolysis) is 1. The van der Waals surface area contributed by atoms with Crippen molar-refractivity contribution in [1.82, 2.24) is 10.8 Å². The Morgan fingerprint density at radius 1 is 1.03 bits per heavy atom. The van der Waals surface area contributed by atoms with Crippen LogP contribution in [0.2, 0.25) is 0 Å². The zero-order valence-electron chi connectivity index (χ0n) is 17.3. The minimum Gasteiger partial charge on any atom is -0.479 e. The minimum atomic E-state index is -1.19. The summed E-state index contributed by atoms with van der Waals surface area (Å²) in [4.78, 5) is 39.3. The van der Waals surface area contributed by atoms with Crippen molar-refractivity contribution in [2.24, 2.45) is 0 Å². The molecule has 3 N–H and O–H groups in total. The number of carboxylic acid groups (broad SMARTS) is 1. The second-order valence-corrected chi connectivity index (χ2v) is 7.37. The minimum absolute atomic E-state index is 0.0440. The first kappa shape index (κ1) is 22.3. The molecule has 0 saturated heterocycles. The van der Waals surface area contributed by atoms with Crippen molar-refractivity contribution in [2.45, 2.75) is 38.1 Å². The van der Waals surface area contributed by atoms with Gasteiger partial charge in [0.1, 0.15) is 6.61 Å². The Labute approximate surface area is 180 Å². The number of amides is 2. The summed E-state index contributed by atoms with van der Waals surface area (Å²) in [6.45, 7) is 1.49. The van der Waals surface area contributed by atoms with Crippen LogP contribution >= 0.6 is 0 Å². The zero-order chi connectivity index (χ0) is 22.2. The summed E-state index contributed by atoms with van der Waals surface area (Å²) in [5, 5.41) is 11.3. The molecule has 0 bridgehead atoms. The average molecular weight is 426 g/mol. The van der Waals surface area contributed by atoms with E-state index in [4.69, 9.17) is 9.84 Å². The number of hydroxylamine groups is 1. The average Bonchev–Trinajstić information content (AvgIpc) is 3.06. The van der Waals surface area contributed by atoms with Gasteiger partial charge < -0.3 is 15.2 Å². The molecule has 8 nitrogen and oxygen atoms in total. The van der Waals surface area contributed by atoms with E-state index in [1.54, 1.807) is 0 Å². The fraction of sp³-hybridized carbons (Fsp3) is 0.348. The van der Waals surface area contributed by atoms with Gasteiger partial charge in [0.25, 0.3) is 0 Å². The third kappa shape index (κ3) is 5.82. The molecule has 0 fully saturated rings. The van der Waals surface area contributed by atoms with Crippen molar-refractivity contribution >= 4 is 18.0 Å². The third-order valence-electron chi connectivity index (χ3n) is 5.12. The molecule has 31 heavy (non-hydrogen) atoms. The monoisotopic (exact) mass is 426 g/mol. The topological polar surface area (TPSA) is 114 Å². The number of hydrogen-bond donors (Lipinski definition) is 3. The molecule has 2 aromatic rings. The van der Waals surface area contributed by atoms with Crippen LogP contribution in [0.1, 0.15) is 43.2 Å². The molecular weight excluding hydrogens is 400 g/mol. The maximum atomic E-state index is 12.4. The van der Waals surface area contributed by atoms with E-state index in [1.807, 2.05) is 43.3 Å². The van der Waals surface area contributed by atoms with Crippen LogP contribution in [0.3, 0.4) is 0 Å². The molecule has 1 atom stereocenters. The van der Waals surface area contributed by atoms with Gasteiger partial charge in [-0.15, -0.1) is 0 Å². The summed E-state index contributed by atoms with van der Waals surface area (Å²) in [5.41, 5.74) is 6.60. The smallest absolute Gasteiger partial charge is 0.407 e. The number of benzene rings is 2.